The molecule has 1 amide bonds. The Morgan fingerprint density at radius 1 is 1.12 bits per heavy atom. The summed E-state index contributed by atoms with van der Waals surface area (Å²) in [6, 6.07) is 0.380. The van der Waals surface area contributed by atoms with Crippen molar-refractivity contribution in [3.05, 3.63) is 21.4 Å². The Morgan fingerprint density at radius 3 is 2.83 bits per heavy atom. The molecule has 2 aliphatic heterocycles. The number of likely N-dealkylation sites (tertiary alicyclic amines) is 1. The molecule has 132 valence electrons. The summed E-state index contributed by atoms with van der Waals surface area (Å²) < 4.78 is 5.46. The fraction of sp³-hybridized carbons (Fsp3) is 0.737. The third-order valence-corrected chi connectivity index (χ3v) is 6.82. The van der Waals surface area contributed by atoms with Crippen LogP contribution in [-0.2, 0) is 17.6 Å². The number of piperidine rings is 1. The van der Waals surface area contributed by atoms with Gasteiger partial charge >= 0.3 is 0 Å². The first-order valence-corrected chi connectivity index (χ1v) is 10.4. The summed E-state index contributed by atoms with van der Waals surface area (Å²) in [6.07, 6.45) is 8.33. The highest BCUT2D eigenvalue weighted by molar-refractivity contribution is 7.12. The topological polar surface area (TPSA) is 32.8 Å². The van der Waals surface area contributed by atoms with Crippen LogP contribution in [0.25, 0.3) is 0 Å². The quantitative estimate of drug-likeness (QED) is 0.842. The minimum atomic E-state index is 0.307. The number of hydrogen-bond acceptors (Lipinski definition) is 4. The van der Waals surface area contributed by atoms with Gasteiger partial charge < -0.3 is 9.64 Å². The van der Waals surface area contributed by atoms with Gasteiger partial charge in [-0.15, -0.1) is 11.3 Å². The van der Waals surface area contributed by atoms with Gasteiger partial charge in [0.25, 0.3) is 5.91 Å². The van der Waals surface area contributed by atoms with Crippen LogP contribution in [0.5, 0.6) is 0 Å². The zero-order valence-electron chi connectivity index (χ0n) is 14.5. The Hall–Kier alpha value is -0.910. The van der Waals surface area contributed by atoms with Crippen LogP contribution in [0.1, 0.15) is 52.9 Å². The first-order chi connectivity index (χ1) is 11.8. The molecule has 1 atom stereocenters. The van der Waals surface area contributed by atoms with Gasteiger partial charge in [-0.05, 0) is 61.5 Å². The fourth-order valence-electron chi connectivity index (χ4n) is 4.37. The first-order valence-electron chi connectivity index (χ1n) is 9.53. The van der Waals surface area contributed by atoms with E-state index < -0.39 is 0 Å². The van der Waals surface area contributed by atoms with Gasteiger partial charge in [0.15, 0.2) is 0 Å². The van der Waals surface area contributed by atoms with E-state index in [2.05, 4.69) is 15.2 Å². The molecule has 0 N–H and O–H groups in total. The average molecular weight is 349 g/mol. The third kappa shape index (κ3) is 3.39. The van der Waals surface area contributed by atoms with E-state index in [1.807, 2.05) is 0 Å². The summed E-state index contributed by atoms with van der Waals surface area (Å²) in [5.74, 6) is 0.307. The summed E-state index contributed by atoms with van der Waals surface area (Å²) in [6.45, 7) is 5.63. The Labute approximate surface area is 148 Å². The van der Waals surface area contributed by atoms with Crippen molar-refractivity contribution in [2.75, 3.05) is 39.4 Å². The van der Waals surface area contributed by atoms with Crippen molar-refractivity contribution in [1.29, 1.82) is 0 Å². The van der Waals surface area contributed by atoms with Gasteiger partial charge in [0.1, 0.15) is 0 Å². The van der Waals surface area contributed by atoms with Gasteiger partial charge in [-0.1, -0.05) is 0 Å². The van der Waals surface area contributed by atoms with Crippen LogP contribution in [0.4, 0.5) is 0 Å². The van der Waals surface area contributed by atoms with Crippen molar-refractivity contribution in [3.63, 3.8) is 0 Å². The molecule has 2 saturated heterocycles. The average Bonchev–Trinajstić information content (AvgIpc) is 3.07. The van der Waals surface area contributed by atoms with E-state index in [-0.39, 0.29) is 0 Å². The van der Waals surface area contributed by atoms with E-state index >= 15 is 0 Å². The van der Waals surface area contributed by atoms with E-state index in [0.29, 0.717) is 11.9 Å². The largest absolute Gasteiger partial charge is 0.379 e. The molecule has 2 fully saturated rings. The maximum absolute atomic E-state index is 13.3. The van der Waals surface area contributed by atoms with Crippen LogP contribution >= 0.6 is 11.3 Å². The van der Waals surface area contributed by atoms with Gasteiger partial charge in [0.2, 0.25) is 0 Å². The van der Waals surface area contributed by atoms with Gasteiger partial charge in [-0.2, -0.15) is 0 Å². The number of nitrogens with zero attached hydrogens (tertiary/aromatic N) is 2. The molecule has 0 spiro atoms. The molecule has 4 nitrogen and oxygen atoms in total. The number of rotatable bonds is 3. The van der Waals surface area contributed by atoms with Crippen LogP contribution in [-0.4, -0.2) is 61.1 Å². The Morgan fingerprint density at radius 2 is 1.96 bits per heavy atom. The molecule has 3 heterocycles. The standard InChI is InChI=1S/C19H28N2O2S/c22-19(18-17-7-2-1-5-15(17)14-24-18)21-8-4-3-6-16(21)13-20-9-11-23-12-10-20/h14,16H,1-13H2/t16-/m1/s1. The zero-order chi connectivity index (χ0) is 16.4. The number of hydrogen-bond donors (Lipinski definition) is 0. The number of aryl methyl sites for hydroxylation is 1. The predicted octanol–water partition coefficient (Wildman–Crippen LogP) is 2.95. The number of morpholine rings is 1. The molecule has 0 bridgehead atoms. The maximum Gasteiger partial charge on any atom is 0.264 e. The Kier molecular flexibility index (Phi) is 5.20. The van der Waals surface area contributed by atoms with Crippen molar-refractivity contribution in [2.24, 2.45) is 0 Å². The minimum Gasteiger partial charge on any atom is -0.379 e. The van der Waals surface area contributed by atoms with E-state index in [1.54, 1.807) is 11.3 Å². The molecule has 4 rings (SSSR count). The Bertz CT molecular complexity index is 580. The van der Waals surface area contributed by atoms with Gasteiger partial charge in [0, 0.05) is 32.2 Å². The van der Waals surface area contributed by atoms with Crippen molar-refractivity contribution >= 4 is 17.2 Å². The van der Waals surface area contributed by atoms with Crippen LogP contribution in [0, 0.1) is 0 Å². The lowest BCUT2D eigenvalue weighted by Crippen LogP contribution is -2.51. The van der Waals surface area contributed by atoms with E-state index in [0.717, 1.165) is 70.0 Å². The molecule has 24 heavy (non-hydrogen) atoms. The Balaban J connectivity index is 1.49. The van der Waals surface area contributed by atoms with Gasteiger partial charge in [0.05, 0.1) is 18.1 Å². The van der Waals surface area contributed by atoms with Crippen LogP contribution in [0.3, 0.4) is 0 Å². The molecule has 1 aliphatic carbocycles. The highest BCUT2D eigenvalue weighted by Gasteiger charge is 2.32. The molecule has 1 aromatic heterocycles. The zero-order valence-corrected chi connectivity index (χ0v) is 15.3. The number of thiophene rings is 1. The van der Waals surface area contributed by atoms with Crippen molar-refractivity contribution < 1.29 is 9.53 Å². The summed E-state index contributed by atoms with van der Waals surface area (Å²) in [5.41, 5.74) is 2.81. The second-order valence-electron chi connectivity index (χ2n) is 7.34. The lowest BCUT2D eigenvalue weighted by Gasteiger charge is -2.39. The number of fused-ring (bicyclic) bond motifs is 1. The number of amides is 1. The lowest BCUT2D eigenvalue weighted by atomic mass is 9.93. The molecule has 1 aromatic rings. The molecule has 0 aromatic carbocycles. The summed E-state index contributed by atoms with van der Waals surface area (Å²) in [7, 11) is 0. The second-order valence-corrected chi connectivity index (χ2v) is 8.22. The van der Waals surface area contributed by atoms with Crippen LogP contribution in [0.15, 0.2) is 5.38 Å². The van der Waals surface area contributed by atoms with Crippen molar-refractivity contribution in [3.8, 4) is 0 Å². The van der Waals surface area contributed by atoms with E-state index in [9.17, 15) is 4.79 Å². The van der Waals surface area contributed by atoms with Gasteiger partial charge in [-0.25, -0.2) is 0 Å². The van der Waals surface area contributed by atoms with Crippen LogP contribution in [0.2, 0.25) is 0 Å². The second kappa shape index (κ2) is 7.54. The molecule has 5 heteroatoms. The number of ether oxygens (including phenoxy) is 1. The highest BCUT2D eigenvalue weighted by atomic mass is 32.1. The lowest BCUT2D eigenvalue weighted by molar-refractivity contribution is 0.0167. The summed E-state index contributed by atoms with van der Waals surface area (Å²) >= 11 is 1.69. The maximum atomic E-state index is 13.3. The summed E-state index contributed by atoms with van der Waals surface area (Å²) in [5, 5.41) is 2.24. The van der Waals surface area contributed by atoms with E-state index in [4.69, 9.17) is 4.74 Å². The molecular weight excluding hydrogens is 320 g/mol. The number of carbonyl (C=O) groups is 1. The number of carbonyl (C=O) groups excluding carboxylic acids is 1. The minimum absolute atomic E-state index is 0.307. The molecule has 3 aliphatic rings. The van der Waals surface area contributed by atoms with Crippen LogP contribution < -0.4 is 0 Å². The molecule has 0 radical (unpaired) electrons. The molecule has 0 unspecified atom stereocenters. The predicted molar refractivity (Wildman–Crippen MR) is 96.9 cm³/mol. The summed E-state index contributed by atoms with van der Waals surface area (Å²) in [4.78, 5) is 19.0. The third-order valence-electron chi connectivity index (χ3n) is 5.76. The molecular formula is C19H28N2O2S. The van der Waals surface area contributed by atoms with Gasteiger partial charge in [-0.3, -0.25) is 9.69 Å². The van der Waals surface area contributed by atoms with Crippen molar-refractivity contribution in [2.45, 2.75) is 51.0 Å². The van der Waals surface area contributed by atoms with E-state index in [1.165, 1.54) is 30.4 Å². The normalized spacial score (nSPS) is 25.5. The SMILES string of the molecule is O=C(c1scc2c1CCCC2)N1CCCC[C@@H]1CN1CCOCC1. The smallest absolute Gasteiger partial charge is 0.264 e. The monoisotopic (exact) mass is 348 g/mol. The van der Waals surface area contributed by atoms with Crippen molar-refractivity contribution in [1.82, 2.24) is 9.80 Å². The highest BCUT2D eigenvalue weighted by Crippen LogP contribution is 2.32. The molecule has 0 saturated carbocycles. The fourth-order valence-corrected chi connectivity index (χ4v) is 5.48. The first kappa shape index (κ1) is 16.6.